The number of nitrogens with zero attached hydrogens (tertiary/aromatic N) is 1. The molecule has 7 heteroatoms. The molecule has 1 aliphatic rings. The summed E-state index contributed by atoms with van der Waals surface area (Å²) < 4.78 is 5.31. The highest BCUT2D eigenvalue weighted by Crippen LogP contribution is 2.33. The third-order valence-electron chi connectivity index (χ3n) is 5.55. The summed E-state index contributed by atoms with van der Waals surface area (Å²) in [6.45, 7) is 9.65. The smallest absolute Gasteiger partial charge is 0.408 e. The van der Waals surface area contributed by atoms with Crippen molar-refractivity contribution in [3.8, 4) is 0 Å². The van der Waals surface area contributed by atoms with Crippen LogP contribution in [0.25, 0.3) is 0 Å². The Bertz CT molecular complexity index is 756. The number of hydrogen-bond acceptors (Lipinski definition) is 4. The number of carbonyl (C=O) groups is 3. The van der Waals surface area contributed by atoms with Crippen LogP contribution in [0.4, 0.5) is 4.79 Å². The second-order valence-electron chi connectivity index (χ2n) is 9.51. The number of alkyl carbamates (subject to hydrolysis) is 1. The van der Waals surface area contributed by atoms with E-state index >= 15 is 0 Å². The zero-order chi connectivity index (χ0) is 23.7. The predicted octanol–water partition coefficient (Wildman–Crippen LogP) is 4.33. The quantitative estimate of drug-likeness (QED) is 0.525. The lowest BCUT2D eigenvalue weighted by Gasteiger charge is -2.43. The van der Waals surface area contributed by atoms with Crippen molar-refractivity contribution in [1.82, 2.24) is 15.5 Å². The molecule has 32 heavy (non-hydrogen) atoms. The Morgan fingerprint density at radius 1 is 1.12 bits per heavy atom. The van der Waals surface area contributed by atoms with Gasteiger partial charge in [0.25, 0.3) is 0 Å². The van der Waals surface area contributed by atoms with Gasteiger partial charge in [-0.1, -0.05) is 50.1 Å². The first-order chi connectivity index (χ1) is 15.1. The minimum Gasteiger partial charge on any atom is -0.444 e. The number of amides is 3. The summed E-state index contributed by atoms with van der Waals surface area (Å²) in [4.78, 5) is 40.8. The van der Waals surface area contributed by atoms with Gasteiger partial charge in [0.05, 0.1) is 0 Å². The van der Waals surface area contributed by atoms with Crippen molar-refractivity contribution in [3.05, 3.63) is 35.9 Å². The normalized spacial score (nSPS) is 15.8. The first kappa shape index (κ1) is 25.7. The van der Waals surface area contributed by atoms with Crippen LogP contribution in [0.2, 0.25) is 0 Å². The fourth-order valence-corrected chi connectivity index (χ4v) is 3.71. The number of ether oxygens (including phenoxy) is 1. The zero-order valence-corrected chi connectivity index (χ0v) is 20.1. The number of nitrogens with one attached hydrogen (secondary N) is 2. The molecule has 0 bridgehead atoms. The highest BCUT2D eigenvalue weighted by atomic mass is 16.6. The lowest BCUT2D eigenvalue weighted by atomic mass is 9.88. The summed E-state index contributed by atoms with van der Waals surface area (Å²) in [5, 5.41) is 5.66. The van der Waals surface area contributed by atoms with E-state index in [1.54, 1.807) is 32.6 Å². The summed E-state index contributed by atoms with van der Waals surface area (Å²) in [6.07, 6.45) is 5.07. The van der Waals surface area contributed by atoms with Gasteiger partial charge in [-0.05, 0) is 58.9 Å². The molecule has 0 aliphatic heterocycles. The van der Waals surface area contributed by atoms with Gasteiger partial charge in [0.15, 0.2) is 0 Å². The molecule has 0 saturated heterocycles. The van der Waals surface area contributed by atoms with Gasteiger partial charge in [-0.15, -0.1) is 0 Å². The first-order valence-electron chi connectivity index (χ1n) is 11.8. The highest BCUT2D eigenvalue weighted by Gasteiger charge is 2.40. The minimum absolute atomic E-state index is 0.0306. The number of rotatable bonds is 10. The molecule has 178 valence electrons. The maximum atomic E-state index is 13.5. The van der Waals surface area contributed by atoms with Gasteiger partial charge in [-0.3, -0.25) is 9.59 Å². The molecule has 1 fully saturated rings. The molecule has 2 atom stereocenters. The summed E-state index contributed by atoms with van der Waals surface area (Å²) in [5.74, 6) is -0.463. The van der Waals surface area contributed by atoms with Gasteiger partial charge >= 0.3 is 6.09 Å². The van der Waals surface area contributed by atoms with Crippen LogP contribution in [0, 0.1) is 0 Å². The van der Waals surface area contributed by atoms with Crippen LogP contribution in [0.15, 0.2) is 30.3 Å². The molecule has 2 N–H and O–H groups in total. The van der Waals surface area contributed by atoms with Crippen molar-refractivity contribution in [2.45, 2.75) is 96.9 Å². The molecular weight excluding hydrogens is 406 g/mol. The molecule has 1 aromatic rings. The molecule has 3 amide bonds. The molecule has 0 aromatic heterocycles. The maximum absolute atomic E-state index is 13.5. The van der Waals surface area contributed by atoms with Crippen molar-refractivity contribution in [1.29, 1.82) is 0 Å². The number of hydrogen-bond donors (Lipinski definition) is 2. The average molecular weight is 446 g/mol. The Kier molecular flexibility index (Phi) is 9.54. The van der Waals surface area contributed by atoms with E-state index in [2.05, 4.69) is 17.6 Å². The molecular formula is C25H39N3O4. The van der Waals surface area contributed by atoms with E-state index in [1.165, 1.54) is 0 Å². The molecule has 2 unspecified atom stereocenters. The van der Waals surface area contributed by atoms with Gasteiger partial charge < -0.3 is 20.3 Å². The Balaban J connectivity index is 2.25. The largest absolute Gasteiger partial charge is 0.444 e. The van der Waals surface area contributed by atoms with Crippen LogP contribution in [0.1, 0.15) is 84.7 Å². The number of carbonyl (C=O) groups excluding carboxylic acids is 3. The number of benzene rings is 1. The summed E-state index contributed by atoms with van der Waals surface area (Å²) >= 11 is 0. The van der Waals surface area contributed by atoms with E-state index < -0.39 is 23.8 Å². The lowest BCUT2D eigenvalue weighted by Crippen LogP contribution is -2.56. The van der Waals surface area contributed by atoms with Crippen molar-refractivity contribution in [2.24, 2.45) is 0 Å². The van der Waals surface area contributed by atoms with Crippen LogP contribution >= 0.6 is 0 Å². The van der Waals surface area contributed by atoms with Crippen molar-refractivity contribution >= 4 is 17.9 Å². The van der Waals surface area contributed by atoms with E-state index in [0.29, 0.717) is 6.54 Å². The van der Waals surface area contributed by atoms with E-state index in [-0.39, 0.29) is 17.9 Å². The fourth-order valence-electron chi connectivity index (χ4n) is 3.71. The molecule has 0 heterocycles. The molecule has 2 rings (SSSR count). The molecule has 1 aromatic carbocycles. The fraction of sp³-hybridized carbons (Fsp3) is 0.640. The lowest BCUT2D eigenvalue weighted by molar-refractivity contribution is -0.147. The molecule has 0 radical (unpaired) electrons. The second-order valence-corrected chi connectivity index (χ2v) is 9.51. The monoisotopic (exact) mass is 445 g/mol. The Labute approximate surface area is 192 Å². The van der Waals surface area contributed by atoms with E-state index in [1.807, 2.05) is 30.3 Å². The van der Waals surface area contributed by atoms with Crippen LogP contribution < -0.4 is 10.6 Å². The van der Waals surface area contributed by atoms with E-state index in [9.17, 15) is 14.4 Å². The third kappa shape index (κ3) is 7.53. The number of unbranched alkanes of at least 4 members (excludes halogenated alkanes) is 2. The summed E-state index contributed by atoms with van der Waals surface area (Å²) in [5.41, 5.74) is 0.107. The summed E-state index contributed by atoms with van der Waals surface area (Å²) in [7, 11) is 0. The zero-order valence-electron chi connectivity index (χ0n) is 20.1. The highest BCUT2D eigenvalue weighted by molar-refractivity contribution is 5.92. The van der Waals surface area contributed by atoms with Gasteiger partial charge in [0, 0.05) is 12.6 Å². The topological polar surface area (TPSA) is 87.7 Å². The van der Waals surface area contributed by atoms with Crippen LogP contribution in [-0.4, -0.2) is 47.0 Å². The van der Waals surface area contributed by atoms with Gasteiger partial charge in [0.1, 0.15) is 17.7 Å². The van der Waals surface area contributed by atoms with Crippen molar-refractivity contribution in [2.75, 3.05) is 6.54 Å². The Morgan fingerprint density at radius 2 is 1.78 bits per heavy atom. The average Bonchev–Trinajstić information content (AvgIpc) is 2.68. The molecule has 7 nitrogen and oxygen atoms in total. The summed E-state index contributed by atoms with van der Waals surface area (Å²) in [6, 6.07) is 7.81. The Hall–Kier alpha value is -2.57. The van der Waals surface area contributed by atoms with Crippen molar-refractivity contribution < 1.29 is 19.1 Å². The standard InChI is InChI=1S/C25H39N3O4/c1-6-7-11-17-26-22(29)21(19-13-9-8-10-14-19)28(20-15-12-16-20)23(30)18(2)27-24(31)32-25(3,4)5/h8-10,13-14,18,20-21H,6-7,11-12,15-17H2,1-5H3,(H,26,29)(H,27,31). The molecule has 1 aliphatic carbocycles. The predicted molar refractivity (Wildman–Crippen MR) is 125 cm³/mol. The van der Waals surface area contributed by atoms with Gasteiger partial charge in [-0.25, -0.2) is 4.79 Å². The van der Waals surface area contributed by atoms with Gasteiger partial charge in [0.2, 0.25) is 11.8 Å². The third-order valence-corrected chi connectivity index (χ3v) is 5.55. The second kappa shape index (κ2) is 11.9. The van der Waals surface area contributed by atoms with Crippen molar-refractivity contribution in [3.63, 3.8) is 0 Å². The molecule has 1 saturated carbocycles. The molecule has 0 spiro atoms. The SMILES string of the molecule is CCCCCNC(=O)C(c1ccccc1)N(C(=O)C(C)NC(=O)OC(C)(C)C)C1CCC1. The van der Waals surface area contributed by atoms with E-state index in [4.69, 9.17) is 4.74 Å². The van der Waals surface area contributed by atoms with E-state index in [0.717, 1.165) is 44.1 Å². The van der Waals surface area contributed by atoms with Crippen LogP contribution in [-0.2, 0) is 14.3 Å². The Morgan fingerprint density at radius 3 is 2.31 bits per heavy atom. The van der Waals surface area contributed by atoms with Crippen LogP contribution in [0.3, 0.4) is 0 Å². The van der Waals surface area contributed by atoms with Gasteiger partial charge in [-0.2, -0.15) is 0 Å². The minimum atomic E-state index is -0.815. The maximum Gasteiger partial charge on any atom is 0.408 e. The van der Waals surface area contributed by atoms with Crippen LogP contribution in [0.5, 0.6) is 0 Å². The first-order valence-corrected chi connectivity index (χ1v) is 11.8.